The van der Waals surface area contributed by atoms with E-state index in [0.717, 1.165) is 12.8 Å². The first-order valence-corrected chi connectivity index (χ1v) is 9.34. The molecule has 2 N–H and O–H groups in total. The van der Waals surface area contributed by atoms with Gasteiger partial charge < -0.3 is 10.4 Å². The number of nitrogens with one attached hydrogen (secondary N) is 1. The van der Waals surface area contributed by atoms with Gasteiger partial charge in [0, 0.05) is 6.54 Å². The summed E-state index contributed by atoms with van der Waals surface area (Å²) in [6, 6.07) is 11.8. The van der Waals surface area contributed by atoms with Gasteiger partial charge in [0.1, 0.15) is 0 Å². The minimum absolute atomic E-state index is 0.198. The molecule has 0 atom stereocenters. The first kappa shape index (κ1) is 18.5. The summed E-state index contributed by atoms with van der Waals surface area (Å²) in [5, 5.41) is 12.7. The van der Waals surface area contributed by atoms with Gasteiger partial charge >= 0.3 is 5.97 Å². The molecule has 0 spiro atoms. The zero-order valence-corrected chi connectivity index (χ0v) is 15.3. The second kappa shape index (κ2) is 8.37. The van der Waals surface area contributed by atoms with E-state index >= 15 is 0 Å². The molecular formula is C21H22ClNO3. The molecule has 0 aromatic heterocycles. The van der Waals surface area contributed by atoms with Crippen LogP contribution in [0.4, 0.5) is 0 Å². The van der Waals surface area contributed by atoms with Crippen molar-refractivity contribution in [3.8, 4) is 11.1 Å². The van der Waals surface area contributed by atoms with Crippen LogP contribution in [0.15, 0.2) is 42.5 Å². The molecule has 0 saturated heterocycles. The Balaban J connectivity index is 1.81. The highest BCUT2D eigenvalue weighted by Gasteiger charge is 2.18. The van der Waals surface area contributed by atoms with Crippen LogP contribution >= 0.6 is 11.6 Å². The van der Waals surface area contributed by atoms with Crippen LogP contribution in [0.1, 0.15) is 52.8 Å². The predicted octanol–water partition coefficient (Wildman–Crippen LogP) is 5.02. The number of carboxylic acids is 1. The fourth-order valence-corrected chi connectivity index (χ4v) is 3.72. The van der Waals surface area contributed by atoms with Gasteiger partial charge in [-0.05, 0) is 48.1 Å². The SMILES string of the molecule is O=C(NCC1CCCCC1)c1cc(-c2ccccc2C(=O)O)ccc1Cl. The van der Waals surface area contributed by atoms with Gasteiger partial charge in [0.2, 0.25) is 0 Å². The van der Waals surface area contributed by atoms with Crippen LogP contribution in [0.3, 0.4) is 0 Å². The van der Waals surface area contributed by atoms with Gasteiger partial charge in [0.15, 0.2) is 0 Å². The van der Waals surface area contributed by atoms with E-state index in [0.29, 0.717) is 34.2 Å². The molecule has 26 heavy (non-hydrogen) atoms. The van der Waals surface area contributed by atoms with Crippen LogP contribution in [0.25, 0.3) is 11.1 Å². The third-order valence-corrected chi connectivity index (χ3v) is 5.29. The molecule has 2 aromatic rings. The maximum Gasteiger partial charge on any atom is 0.336 e. The fourth-order valence-electron chi connectivity index (χ4n) is 3.51. The molecule has 3 rings (SSSR count). The standard InChI is InChI=1S/C21H22ClNO3/c22-19-11-10-15(16-8-4-5-9-17(16)21(25)26)12-18(19)20(24)23-13-14-6-2-1-3-7-14/h4-5,8-12,14H,1-3,6-7,13H2,(H,23,24)(H,25,26). The quantitative estimate of drug-likeness (QED) is 0.775. The summed E-state index contributed by atoms with van der Waals surface area (Å²) >= 11 is 6.23. The minimum atomic E-state index is -1.00. The van der Waals surface area contributed by atoms with Gasteiger partial charge in [-0.25, -0.2) is 4.79 Å². The lowest BCUT2D eigenvalue weighted by Crippen LogP contribution is -2.30. The zero-order valence-electron chi connectivity index (χ0n) is 14.5. The molecule has 2 aromatic carbocycles. The minimum Gasteiger partial charge on any atom is -0.478 e. The number of aromatic carboxylic acids is 1. The molecule has 0 bridgehead atoms. The number of carbonyl (C=O) groups is 2. The Bertz CT molecular complexity index is 813. The molecule has 0 unspecified atom stereocenters. The Morgan fingerprint density at radius 1 is 1.04 bits per heavy atom. The van der Waals surface area contributed by atoms with Crippen LogP contribution in [0.5, 0.6) is 0 Å². The number of hydrogen-bond acceptors (Lipinski definition) is 2. The maximum absolute atomic E-state index is 12.6. The van der Waals surface area contributed by atoms with Gasteiger partial charge in [-0.2, -0.15) is 0 Å². The van der Waals surface area contributed by atoms with Gasteiger partial charge in [0.25, 0.3) is 5.91 Å². The monoisotopic (exact) mass is 371 g/mol. The van der Waals surface area contributed by atoms with Crippen molar-refractivity contribution in [3.63, 3.8) is 0 Å². The van der Waals surface area contributed by atoms with Crippen molar-refractivity contribution in [1.82, 2.24) is 5.32 Å². The summed E-state index contributed by atoms with van der Waals surface area (Å²) < 4.78 is 0. The van der Waals surface area contributed by atoms with Crippen molar-refractivity contribution >= 4 is 23.5 Å². The Hall–Kier alpha value is -2.33. The highest BCUT2D eigenvalue weighted by Crippen LogP contribution is 2.28. The van der Waals surface area contributed by atoms with E-state index in [9.17, 15) is 14.7 Å². The number of carboxylic acid groups (broad SMARTS) is 1. The van der Waals surface area contributed by atoms with E-state index in [4.69, 9.17) is 11.6 Å². The van der Waals surface area contributed by atoms with Crippen LogP contribution < -0.4 is 5.32 Å². The summed E-state index contributed by atoms with van der Waals surface area (Å²) in [6.45, 7) is 0.658. The highest BCUT2D eigenvalue weighted by molar-refractivity contribution is 6.34. The van der Waals surface area contributed by atoms with E-state index in [2.05, 4.69) is 5.32 Å². The average molecular weight is 372 g/mol. The molecular weight excluding hydrogens is 350 g/mol. The van der Waals surface area contributed by atoms with Crippen LogP contribution in [0.2, 0.25) is 5.02 Å². The fraction of sp³-hybridized carbons (Fsp3) is 0.333. The van der Waals surface area contributed by atoms with E-state index in [1.807, 2.05) is 0 Å². The van der Waals surface area contributed by atoms with Gasteiger partial charge in [0.05, 0.1) is 16.1 Å². The second-order valence-corrected chi connectivity index (χ2v) is 7.17. The number of carbonyl (C=O) groups excluding carboxylic acids is 1. The molecule has 5 heteroatoms. The molecule has 136 valence electrons. The average Bonchev–Trinajstić information content (AvgIpc) is 2.67. The number of halogens is 1. The Kier molecular flexibility index (Phi) is 5.94. The summed E-state index contributed by atoms with van der Waals surface area (Å²) in [4.78, 5) is 24.1. The molecule has 1 fully saturated rings. The lowest BCUT2D eigenvalue weighted by molar-refractivity contribution is 0.0697. The zero-order chi connectivity index (χ0) is 18.5. The summed E-state index contributed by atoms with van der Waals surface area (Å²) in [7, 11) is 0. The molecule has 1 amide bonds. The van der Waals surface area contributed by atoms with Crippen molar-refractivity contribution in [2.24, 2.45) is 5.92 Å². The molecule has 4 nitrogen and oxygen atoms in total. The molecule has 0 heterocycles. The first-order chi connectivity index (χ1) is 12.6. The third kappa shape index (κ3) is 4.25. The Morgan fingerprint density at radius 2 is 1.77 bits per heavy atom. The van der Waals surface area contributed by atoms with Crippen LogP contribution in [0, 0.1) is 5.92 Å². The number of benzene rings is 2. The van der Waals surface area contributed by atoms with Crippen molar-refractivity contribution in [2.45, 2.75) is 32.1 Å². The van der Waals surface area contributed by atoms with E-state index in [1.54, 1.807) is 42.5 Å². The highest BCUT2D eigenvalue weighted by atomic mass is 35.5. The predicted molar refractivity (Wildman–Crippen MR) is 103 cm³/mol. The van der Waals surface area contributed by atoms with Crippen molar-refractivity contribution in [1.29, 1.82) is 0 Å². The van der Waals surface area contributed by atoms with Crippen LogP contribution in [-0.4, -0.2) is 23.5 Å². The van der Waals surface area contributed by atoms with Crippen molar-refractivity contribution in [2.75, 3.05) is 6.54 Å². The Morgan fingerprint density at radius 3 is 2.50 bits per heavy atom. The van der Waals surface area contributed by atoms with Crippen LogP contribution in [-0.2, 0) is 0 Å². The molecule has 1 aliphatic rings. The Labute approximate surface area is 158 Å². The van der Waals surface area contributed by atoms with Gasteiger partial charge in [-0.15, -0.1) is 0 Å². The number of amides is 1. The van der Waals surface area contributed by atoms with E-state index in [1.165, 1.54) is 19.3 Å². The normalized spacial score (nSPS) is 14.8. The summed E-state index contributed by atoms with van der Waals surface area (Å²) in [5.74, 6) is -0.684. The van der Waals surface area contributed by atoms with E-state index in [-0.39, 0.29) is 11.5 Å². The van der Waals surface area contributed by atoms with E-state index < -0.39 is 5.97 Å². The third-order valence-electron chi connectivity index (χ3n) is 4.96. The number of hydrogen-bond donors (Lipinski definition) is 2. The topological polar surface area (TPSA) is 66.4 Å². The number of rotatable bonds is 5. The van der Waals surface area contributed by atoms with Gasteiger partial charge in [-0.3, -0.25) is 4.79 Å². The molecule has 1 aliphatic carbocycles. The lowest BCUT2D eigenvalue weighted by atomic mass is 9.89. The smallest absolute Gasteiger partial charge is 0.336 e. The summed E-state index contributed by atoms with van der Waals surface area (Å²) in [5.41, 5.74) is 1.80. The van der Waals surface area contributed by atoms with Gasteiger partial charge in [-0.1, -0.05) is 55.1 Å². The van der Waals surface area contributed by atoms with Crippen molar-refractivity contribution < 1.29 is 14.7 Å². The van der Waals surface area contributed by atoms with Crippen molar-refractivity contribution in [3.05, 3.63) is 58.6 Å². The molecule has 0 radical (unpaired) electrons. The first-order valence-electron chi connectivity index (χ1n) is 8.96. The second-order valence-electron chi connectivity index (χ2n) is 6.76. The lowest BCUT2D eigenvalue weighted by Gasteiger charge is -2.22. The molecule has 1 saturated carbocycles. The molecule has 0 aliphatic heterocycles. The summed E-state index contributed by atoms with van der Waals surface area (Å²) in [6.07, 6.45) is 6.03. The largest absolute Gasteiger partial charge is 0.478 e. The maximum atomic E-state index is 12.6.